The summed E-state index contributed by atoms with van der Waals surface area (Å²) in [5.74, 6) is 0. The minimum atomic E-state index is 1.21. The van der Waals surface area contributed by atoms with Crippen LogP contribution in [-0.4, -0.2) is 38.7 Å². The molecule has 0 aliphatic heterocycles. The molecule has 2 unspecified atom stereocenters. The number of hydrogen-bond donors (Lipinski definition) is 0. The van der Waals surface area contributed by atoms with Gasteiger partial charge in [0, 0.05) is 0 Å². The van der Waals surface area contributed by atoms with E-state index in [4.69, 9.17) is 0 Å². The molecule has 0 aliphatic rings. The molecular weight excluding hydrogens is 224 g/mol. The molecule has 0 saturated carbocycles. The molecule has 3 heteroatoms. The molecule has 2 atom stereocenters. The molecule has 0 bridgehead atoms. The Morgan fingerprint density at radius 3 is 2.50 bits per heavy atom. The van der Waals surface area contributed by atoms with E-state index in [1.54, 1.807) is 33.7 Å². The zero-order chi connectivity index (χ0) is 5.98. The summed E-state index contributed by atoms with van der Waals surface area (Å²) in [7, 11) is 0. The van der Waals surface area contributed by atoms with Crippen LogP contribution in [0.2, 0.25) is 0 Å². The van der Waals surface area contributed by atoms with E-state index in [-0.39, 0.29) is 0 Å². The van der Waals surface area contributed by atoms with Crippen LogP contribution in [0, 0.1) is 0 Å². The first-order chi connectivity index (χ1) is 3.80. The third-order valence-corrected chi connectivity index (χ3v) is 4.37. The molecule has 0 aliphatic carbocycles. The van der Waals surface area contributed by atoms with Crippen LogP contribution in [0.3, 0.4) is 0 Å². The zero-order valence-corrected chi connectivity index (χ0v) is 9.18. The molecule has 1 rings (SSSR count). The second-order valence-electron chi connectivity index (χ2n) is 1.48. The standard InChI is InChI=1S/C5H7As2N/c6-4-2-1-3-8-5(4)7/h1-3H,6-7H2. The van der Waals surface area contributed by atoms with Gasteiger partial charge in [0.05, 0.1) is 0 Å². The third-order valence-electron chi connectivity index (χ3n) is 0.871. The Hall–Kier alpha value is 0.267. The van der Waals surface area contributed by atoms with Crippen LogP contribution < -0.4 is 8.83 Å². The minimum absolute atomic E-state index is 1.21. The van der Waals surface area contributed by atoms with Crippen molar-refractivity contribution in [1.82, 2.24) is 4.98 Å². The summed E-state index contributed by atoms with van der Waals surface area (Å²) in [6.45, 7) is 0. The van der Waals surface area contributed by atoms with Gasteiger partial charge in [-0.25, -0.2) is 0 Å². The average Bonchev–Trinajstić information content (AvgIpc) is 1.77. The van der Waals surface area contributed by atoms with Gasteiger partial charge >= 0.3 is 65.9 Å². The van der Waals surface area contributed by atoms with Gasteiger partial charge < -0.3 is 0 Å². The Bertz CT molecular complexity index is 167. The number of rotatable bonds is 0. The van der Waals surface area contributed by atoms with Gasteiger partial charge in [-0.05, 0) is 0 Å². The molecule has 0 radical (unpaired) electrons. The molecule has 1 heterocycles. The summed E-state index contributed by atoms with van der Waals surface area (Å²) in [4.78, 5) is 4.12. The molecule has 8 heavy (non-hydrogen) atoms. The molecule has 1 aromatic rings. The zero-order valence-electron chi connectivity index (χ0n) is 4.33. The van der Waals surface area contributed by atoms with Gasteiger partial charge in [0.1, 0.15) is 0 Å². The molecule has 0 fully saturated rings. The molecule has 0 amide bonds. The van der Waals surface area contributed by atoms with E-state index in [1.165, 1.54) is 8.83 Å². The van der Waals surface area contributed by atoms with Crippen molar-refractivity contribution >= 4 is 42.5 Å². The second-order valence-corrected chi connectivity index (χ2v) is 3.93. The van der Waals surface area contributed by atoms with Crippen molar-refractivity contribution in [2.45, 2.75) is 0 Å². The van der Waals surface area contributed by atoms with Crippen LogP contribution >= 0.6 is 0 Å². The van der Waals surface area contributed by atoms with Crippen LogP contribution in [-0.2, 0) is 0 Å². The van der Waals surface area contributed by atoms with Crippen molar-refractivity contribution < 1.29 is 0 Å². The molecule has 0 spiro atoms. The van der Waals surface area contributed by atoms with Gasteiger partial charge in [0.25, 0.3) is 0 Å². The van der Waals surface area contributed by atoms with Crippen molar-refractivity contribution in [2.75, 3.05) is 0 Å². The quantitative estimate of drug-likeness (QED) is 0.453. The van der Waals surface area contributed by atoms with Gasteiger partial charge in [-0.1, -0.05) is 0 Å². The van der Waals surface area contributed by atoms with E-state index in [0.29, 0.717) is 0 Å². The van der Waals surface area contributed by atoms with Gasteiger partial charge in [-0.2, -0.15) is 0 Å². The number of aromatic nitrogens is 1. The molecule has 0 N–H and O–H groups in total. The molecule has 0 saturated heterocycles. The van der Waals surface area contributed by atoms with Crippen LogP contribution in [0.15, 0.2) is 18.3 Å². The summed E-state index contributed by atoms with van der Waals surface area (Å²) in [6.07, 6.45) is 1.83. The fourth-order valence-electron chi connectivity index (χ4n) is 0.430. The topological polar surface area (TPSA) is 12.9 Å². The maximum absolute atomic E-state index is 4.12. The normalized spacial score (nSPS) is 9.25. The van der Waals surface area contributed by atoms with Crippen LogP contribution in [0.1, 0.15) is 0 Å². The summed E-state index contributed by atoms with van der Waals surface area (Å²) >= 11 is 3.25. The summed E-state index contributed by atoms with van der Waals surface area (Å²) < 4.78 is 2.56. The van der Waals surface area contributed by atoms with E-state index in [1.807, 2.05) is 12.3 Å². The SMILES string of the molecule is [AsH2]c1cccnc1[AsH2]. The van der Waals surface area contributed by atoms with Gasteiger partial charge in [0.2, 0.25) is 0 Å². The van der Waals surface area contributed by atoms with Crippen LogP contribution in [0.5, 0.6) is 0 Å². The van der Waals surface area contributed by atoms with Crippen molar-refractivity contribution in [3.63, 3.8) is 0 Å². The first kappa shape index (κ1) is 6.39. The fourth-order valence-corrected chi connectivity index (χ4v) is 1.20. The van der Waals surface area contributed by atoms with Gasteiger partial charge in [-0.3, -0.25) is 0 Å². The van der Waals surface area contributed by atoms with Crippen LogP contribution in [0.25, 0.3) is 0 Å². The van der Waals surface area contributed by atoms with E-state index < -0.39 is 0 Å². The Balaban J connectivity index is 3.13. The molecule has 1 nitrogen and oxygen atoms in total. The average molecular weight is 231 g/mol. The fraction of sp³-hybridized carbons (Fsp3) is 0. The third kappa shape index (κ3) is 1.37. The number of hydrogen-bond acceptors (Lipinski definition) is 1. The van der Waals surface area contributed by atoms with Crippen molar-refractivity contribution in [3.05, 3.63) is 18.3 Å². The maximum atomic E-state index is 4.12. The number of nitrogens with zero attached hydrogens (tertiary/aromatic N) is 1. The van der Waals surface area contributed by atoms with E-state index in [9.17, 15) is 0 Å². The Labute approximate surface area is 65.9 Å². The van der Waals surface area contributed by atoms with Gasteiger partial charge in [-0.15, -0.1) is 0 Å². The van der Waals surface area contributed by atoms with Crippen molar-refractivity contribution in [3.8, 4) is 0 Å². The Kier molecular flexibility index (Phi) is 2.16. The Morgan fingerprint density at radius 2 is 2.12 bits per heavy atom. The first-order valence-corrected chi connectivity index (χ1v) is 4.69. The molecule has 1 aromatic heterocycles. The van der Waals surface area contributed by atoms with E-state index >= 15 is 0 Å². The molecular formula is C5H7As2N. The molecule has 0 aromatic carbocycles. The Morgan fingerprint density at radius 1 is 1.38 bits per heavy atom. The van der Waals surface area contributed by atoms with E-state index in [0.717, 1.165) is 0 Å². The monoisotopic (exact) mass is 231 g/mol. The summed E-state index contributed by atoms with van der Waals surface area (Å²) in [5, 5.41) is 0. The van der Waals surface area contributed by atoms with E-state index in [2.05, 4.69) is 11.1 Å². The van der Waals surface area contributed by atoms with Crippen molar-refractivity contribution in [2.24, 2.45) is 0 Å². The van der Waals surface area contributed by atoms with Crippen molar-refractivity contribution in [1.29, 1.82) is 0 Å². The van der Waals surface area contributed by atoms with Crippen LogP contribution in [0.4, 0.5) is 0 Å². The summed E-state index contributed by atoms with van der Waals surface area (Å²) in [6, 6.07) is 4.07. The van der Waals surface area contributed by atoms with Gasteiger partial charge in [0.15, 0.2) is 0 Å². The molecule has 42 valence electrons. The predicted octanol–water partition coefficient (Wildman–Crippen LogP) is -2.40. The first-order valence-electron chi connectivity index (χ1n) is 2.26. The second kappa shape index (κ2) is 2.71. The predicted molar refractivity (Wildman–Crippen MR) is 40.6 cm³/mol. The number of pyridine rings is 1. The summed E-state index contributed by atoms with van der Waals surface area (Å²) in [5.41, 5.74) is 0.